The van der Waals surface area contributed by atoms with Crippen molar-refractivity contribution in [3.63, 3.8) is 0 Å². The normalized spacial score (nSPS) is 14.9. The third kappa shape index (κ3) is 6.29. The average Bonchev–Trinajstić information content (AvgIpc) is 2.89. The zero-order valence-corrected chi connectivity index (χ0v) is 20.1. The number of hydrogen-bond acceptors (Lipinski definition) is 5. The van der Waals surface area contributed by atoms with Crippen LogP contribution < -0.4 is 19.9 Å². The van der Waals surface area contributed by atoms with E-state index in [1.165, 1.54) is 11.3 Å². The van der Waals surface area contributed by atoms with Crippen LogP contribution in [0.3, 0.4) is 0 Å². The fourth-order valence-corrected chi connectivity index (χ4v) is 4.31. The third-order valence-electron chi connectivity index (χ3n) is 6.28. The second kappa shape index (κ2) is 11.6. The van der Waals surface area contributed by atoms with Gasteiger partial charge in [-0.15, -0.1) is 0 Å². The van der Waals surface area contributed by atoms with Crippen LogP contribution in [0, 0.1) is 0 Å². The summed E-state index contributed by atoms with van der Waals surface area (Å²) >= 11 is 0. The molecule has 4 rings (SSSR count). The number of anilines is 2. The van der Waals surface area contributed by atoms with Crippen LogP contribution in [0.2, 0.25) is 0 Å². The number of nitrogens with one attached hydrogen (secondary N) is 1. The minimum atomic E-state index is -0.110. The predicted octanol–water partition coefficient (Wildman–Crippen LogP) is 3.81. The van der Waals surface area contributed by atoms with Gasteiger partial charge < -0.3 is 19.9 Å². The van der Waals surface area contributed by atoms with Crippen LogP contribution in [0.15, 0.2) is 84.9 Å². The lowest BCUT2D eigenvalue weighted by molar-refractivity contribution is -0.123. The fraction of sp³-hybridized carbons (Fsp3) is 0.321. The van der Waals surface area contributed by atoms with Crippen molar-refractivity contribution < 1.29 is 9.53 Å². The summed E-state index contributed by atoms with van der Waals surface area (Å²) in [7, 11) is 4.09. The molecule has 0 spiro atoms. The summed E-state index contributed by atoms with van der Waals surface area (Å²) in [4.78, 5) is 19.5. The van der Waals surface area contributed by atoms with E-state index >= 15 is 0 Å². The number of carbonyl (C=O) groups is 1. The maximum atomic E-state index is 12.5. The molecule has 6 nitrogen and oxygen atoms in total. The van der Waals surface area contributed by atoms with E-state index in [-0.39, 0.29) is 18.6 Å². The van der Waals surface area contributed by atoms with Crippen molar-refractivity contribution in [2.24, 2.45) is 0 Å². The highest BCUT2D eigenvalue weighted by Crippen LogP contribution is 2.25. The Morgan fingerprint density at radius 3 is 2.12 bits per heavy atom. The van der Waals surface area contributed by atoms with Crippen molar-refractivity contribution >= 4 is 17.3 Å². The monoisotopic (exact) mass is 458 g/mol. The van der Waals surface area contributed by atoms with E-state index in [0.29, 0.717) is 12.3 Å². The number of hydrogen-bond donors (Lipinski definition) is 1. The Balaban J connectivity index is 1.40. The van der Waals surface area contributed by atoms with Gasteiger partial charge in [0.2, 0.25) is 0 Å². The van der Waals surface area contributed by atoms with Crippen LogP contribution in [0.1, 0.15) is 11.6 Å². The minimum Gasteiger partial charge on any atom is -0.484 e. The molecular weight excluding hydrogens is 424 g/mol. The lowest BCUT2D eigenvalue weighted by Crippen LogP contribution is -2.50. The largest absolute Gasteiger partial charge is 0.484 e. The Labute approximate surface area is 202 Å². The first-order valence-corrected chi connectivity index (χ1v) is 11.9. The number of nitrogens with zero attached hydrogens (tertiary/aromatic N) is 3. The van der Waals surface area contributed by atoms with Crippen LogP contribution in [0.25, 0.3) is 0 Å². The molecule has 1 fully saturated rings. The highest BCUT2D eigenvalue weighted by molar-refractivity contribution is 5.77. The van der Waals surface area contributed by atoms with Gasteiger partial charge in [0.15, 0.2) is 6.61 Å². The van der Waals surface area contributed by atoms with Gasteiger partial charge in [-0.25, -0.2) is 0 Å². The highest BCUT2D eigenvalue weighted by atomic mass is 16.5. The molecule has 1 aliphatic rings. The second-order valence-electron chi connectivity index (χ2n) is 8.77. The molecule has 3 aromatic rings. The summed E-state index contributed by atoms with van der Waals surface area (Å²) in [5, 5.41) is 3.10. The molecule has 0 aliphatic carbocycles. The number of amides is 1. The molecule has 3 aromatic carbocycles. The van der Waals surface area contributed by atoms with Gasteiger partial charge in [0.1, 0.15) is 5.75 Å². The van der Waals surface area contributed by atoms with E-state index in [1.54, 1.807) is 0 Å². The van der Waals surface area contributed by atoms with Crippen LogP contribution >= 0.6 is 0 Å². The topological polar surface area (TPSA) is 48.1 Å². The third-order valence-corrected chi connectivity index (χ3v) is 6.28. The summed E-state index contributed by atoms with van der Waals surface area (Å²) in [5.41, 5.74) is 3.64. The van der Waals surface area contributed by atoms with Crippen LogP contribution in [-0.4, -0.2) is 64.2 Å². The molecule has 34 heavy (non-hydrogen) atoms. The number of piperazine rings is 1. The van der Waals surface area contributed by atoms with Crippen LogP contribution in [0.4, 0.5) is 11.4 Å². The average molecular weight is 459 g/mol. The summed E-state index contributed by atoms with van der Waals surface area (Å²) in [6.45, 7) is 4.35. The number of carbonyl (C=O) groups excluding carboxylic acids is 1. The van der Waals surface area contributed by atoms with Gasteiger partial charge in [0.25, 0.3) is 5.91 Å². The predicted molar refractivity (Wildman–Crippen MR) is 139 cm³/mol. The number of ether oxygens (including phenoxy) is 1. The Morgan fingerprint density at radius 1 is 0.882 bits per heavy atom. The molecule has 1 atom stereocenters. The van der Waals surface area contributed by atoms with E-state index < -0.39 is 0 Å². The summed E-state index contributed by atoms with van der Waals surface area (Å²) in [6.07, 6.45) is 0. The summed E-state index contributed by atoms with van der Waals surface area (Å²) in [5.74, 6) is 0.590. The van der Waals surface area contributed by atoms with Crippen molar-refractivity contribution in [1.82, 2.24) is 10.2 Å². The van der Waals surface area contributed by atoms with Gasteiger partial charge in [-0.3, -0.25) is 9.69 Å². The Morgan fingerprint density at radius 2 is 1.50 bits per heavy atom. The van der Waals surface area contributed by atoms with E-state index in [2.05, 4.69) is 74.6 Å². The molecule has 6 heteroatoms. The lowest BCUT2D eigenvalue weighted by Gasteiger charge is -2.40. The molecule has 1 saturated heterocycles. The number of rotatable bonds is 9. The fourth-order valence-electron chi connectivity index (χ4n) is 4.31. The van der Waals surface area contributed by atoms with Crippen LogP contribution in [-0.2, 0) is 4.79 Å². The molecule has 1 unspecified atom stereocenters. The first-order valence-electron chi connectivity index (χ1n) is 11.9. The summed E-state index contributed by atoms with van der Waals surface area (Å²) < 4.78 is 5.62. The first-order chi connectivity index (χ1) is 16.6. The minimum absolute atomic E-state index is 0.0120. The molecule has 1 amide bonds. The number of benzene rings is 3. The maximum absolute atomic E-state index is 12.5. The Kier molecular flexibility index (Phi) is 8.04. The molecule has 0 aromatic heterocycles. The van der Waals surface area contributed by atoms with Gasteiger partial charge in [0, 0.05) is 58.2 Å². The van der Waals surface area contributed by atoms with Crippen molar-refractivity contribution in [3.05, 3.63) is 90.5 Å². The zero-order valence-electron chi connectivity index (χ0n) is 20.1. The standard InChI is InChI=1S/C28H34N4O2/c1-30(2)24-15-13-23(14-16-24)27(21-29-28(33)22-34-26-11-7-4-8-12-26)32-19-17-31(18-20-32)25-9-5-3-6-10-25/h3-16,27H,17-22H2,1-2H3,(H,29,33). The number of para-hydroxylation sites is 2. The van der Waals surface area contributed by atoms with E-state index in [0.717, 1.165) is 31.9 Å². The quantitative estimate of drug-likeness (QED) is 0.528. The van der Waals surface area contributed by atoms with Gasteiger partial charge in [0.05, 0.1) is 6.04 Å². The van der Waals surface area contributed by atoms with Gasteiger partial charge >= 0.3 is 0 Å². The lowest BCUT2D eigenvalue weighted by atomic mass is 10.0. The molecule has 0 saturated carbocycles. The molecule has 1 aliphatic heterocycles. The molecule has 1 N–H and O–H groups in total. The maximum Gasteiger partial charge on any atom is 0.258 e. The van der Waals surface area contributed by atoms with Gasteiger partial charge in [-0.05, 0) is 42.0 Å². The Bertz CT molecular complexity index is 1020. The zero-order chi connectivity index (χ0) is 23.8. The Hall–Kier alpha value is -3.51. The van der Waals surface area contributed by atoms with Gasteiger partial charge in [-0.1, -0.05) is 48.5 Å². The summed E-state index contributed by atoms with van der Waals surface area (Å²) in [6, 6.07) is 28.7. The van der Waals surface area contributed by atoms with Crippen molar-refractivity contribution in [2.45, 2.75) is 6.04 Å². The molecular formula is C28H34N4O2. The smallest absolute Gasteiger partial charge is 0.258 e. The second-order valence-corrected chi connectivity index (χ2v) is 8.77. The van der Waals surface area contributed by atoms with E-state index in [9.17, 15) is 4.79 Å². The van der Waals surface area contributed by atoms with Crippen molar-refractivity contribution in [3.8, 4) is 5.75 Å². The highest BCUT2D eigenvalue weighted by Gasteiger charge is 2.26. The van der Waals surface area contributed by atoms with Crippen LogP contribution in [0.5, 0.6) is 5.75 Å². The molecule has 0 radical (unpaired) electrons. The van der Waals surface area contributed by atoms with Crippen molar-refractivity contribution in [1.29, 1.82) is 0 Å². The van der Waals surface area contributed by atoms with E-state index in [1.807, 2.05) is 44.4 Å². The SMILES string of the molecule is CN(C)c1ccc(C(CNC(=O)COc2ccccc2)N2CCN(c3ccccc3)CC2)cc1. The molecule has 178 valence electrons. The van der Waals surface area contributed by atoms with E-state index in [4.69, 9.17) is 4.74 Å². The van der Waals surface area contributed by atoms with Gasteiger partial charge in [-0.2, -0.15) is 0 Å². The molecule has 1 heterocycles. The van der Waals surface area contributed by atoms with Crippen molar-refractivity contribution in [2.75, 3.05) is 63.2 Å². The molecule has 0 bridgehead atoms. The first kappa shape index (κ1) is 23.6.